The summed E-state index contributed by atoms with van der Waals surface area (Å²) in [7, 11) is 0. The predicted octanol–water partition coefficient (Wildman–Crippen LogP) is 10.7. The van der Waals surface area contributed by atoms with E-state index in [-0.39, 0.29) is 11.9 Å². The zero-order valence-electron chi connectivity index (χ0n) is 32.5. The van der Waals surface area contributed by atoms with Crippen LogP contribution in [0.4, 0.5) is 0 Å². The van der Waals surface area contributed by atoms with E-state index >= 15 is 0 Å². The highest BCUT2D eigenvalue weighted by atomic mass is 16.5. The first-order valence-electron chi connectivity index (χ1n) is 21.0. The Morgan fingerprint density at radius 1 is 0.900 bits per heavy atom. The van der Waals surface area contributed by atoms with Gasteiger partial charge in [-0.2, -0.15) is 0 Å². The Balaban J connectivity index is 1.03. The number of esters is 1. The van der Waals surface area contributed by atoms with Crippen molar-refractivity contribution in [2.75, 3.05) is 6.54 Å². The summed E-state index contributed by atoms with van der Waals surface area (Å²) in [6.45, 7) is 16.4. The summed E-state index contributed by atoms with van der Waals surface area (Å²) < 4.78 is 5.73. The van der Waals surface area contributed by atoms with Crippen molar-refractivity contribution in [3.63, 3.8) is 0 Å². The SMILES string of the molecule is CCC(O)(CC)CCNC12CCC[C@@H]1C1CCC3C4(C)CC=C(C5=CCC(C(=O)OCc6ccccc6)CC5)C(C)C4CC[C@@]3(C)[C@]1(C)CC2. The normalized spacial score (nSPS) is 41.2. The number of carbonyl (C=O) groups excluding carboxylic acids is 1. The number of ether oxygens (including phenoxy) is 1. The molecule has 0 amide bonds. The summed E-state index contributed by atoms with van der Waals surface area (Å²) in [6.07, 6.45) is 23.9. The number of allylic oxidation sites excluding steroid dienone is 4. The predicted molar refractivity (Wildman–Crippen MR) is 204 cm³/mol. The molecule has 0 heterocycles. The molecule has 6 aliphatic carbocycles. The van der Waals surface area contributed by atoms with E-state index in [0.717, 1.165) is 74.3 Å². The molecule has 7 rings (SSSR count). The van der Waals surface area contributed by atoms with Crippen molar-refractivity contribution in [1.29, 1.82) is 0 Å². The molecule has 4 nitrogen and oxygen atoms in total. The van der Waals surface area contributed by atoms with Crippen molar-refractivity contribution in [3.05, 3.63) is 59.2 Å². The number of fused-ring (bicyclic) bond motifs is 7. The maximum Gasteiger partial charge on any atom is 0.309 e. The Morgan fingerprint density at radius 2 is 1.68 bits per heavy atom. The summed E-state index contributed by atoms with van der Waals surface area (Å²) in [5, 5.41) is 15.2. The molecule has 276 valence electrons. The monoisotopic (exact) mass is 684 g/mol. The summed E-state index contributed by atoms with van der Waals surface area (Å²) in [4.78, 5) is 12.9. The van der Waals surface area contributed by atoms with Crippen LogP contribution < -0.4 is 5.32 Å². The Kier molecular flexibility index (Phi) is 10.1. The number of benzene rings is 1. The molecule has 0 radical (unpaired) electrons. The highest BCUT2D eigenvalue weighted by Crippen LogP contribution is 2.75. The van der Waals surface area contributed by atoms with Crippen molar-refractivity contribution >= 4 is 5.97 Å². The van der Waals surface area contributed by atoms with E-state index in [1.54, 1.807) is 5.57 Å². The van der Waals surface area contributed by atoms with Crippen LogP contribution in [-0.4, -0.2) is 28.8 Å². The van der Waals surface area contributed by atoms with E-state index in [1.165, 1.54) is 69.8 Å². The van der Waals surface area contributed by atoms with E-state index < -0.39 is 5.60 Å². The Bertz CT molecular complexity index is 1440. The molecule has 6 aliphatic rings. The van der Waals surface area contributed by atoms with Crippen LogP contribution in [0, 0.1) is 51.8 Å². The van der Waals surface area contributed by atoms with Crippen molar-refractivity contribution in [2.24, 2.45) is 51.8 Å². The quantitative estimate of drug-likeness (QED) is 0.241. The molecule has 4 saturated carbocycles. The van der Waals surface area contributed by atoms with Gasteiger partial charge in [0.2, 0.25) is 0 Å². The average Bonchev–Trinajstić information content (AvgIpc) is 3.55. The molecule has 10 atom stereocenters. The molecular formula is C46H69NO3. The van der Waals surface area contributed by atoms with Gasteiger partial charge in [0.1, 0.15) is 6.61 Å². The van der Waals surface area contributed by atoms with Crippen LogP contribution in [0.15, 0.2) is 53.6 Å². The molecule has 0 aliphatic heterocycles. The molecule has 50 heavy (non-hydrogen) atoms. The van der Waals surface area contributed by atoms with Gasteiger partial charge in [-0.1, -0.05) is 90.4 Å². The van der Waals surface area contributed by atoms with Gasteiger partial charge in [-0.25, -0.2) is 0 Å². The van der Waals surface area contributed by atoms with Crippen molar-refractivity contribution in [2.45, 2.75) is 162 Å². The number of hydrogen-bond donors (Lipinski definition) is 2. The zero-order chi connectivity index (χ0) is 35.4. The van der Waals surface area contributed by atoms with Gasteiger partial charge in [0.05, 0.1) is 11.5 Å². The third-order valence-electron chi connectivity index (χ3n) is 17.3. The number of rotatable bonds is 10. The molecule has 1 aromatic rings. The molecule has 0 spiro atoms. The van der Waals surface area contributed by atoms with Gasteiger partial charge in [-0.15, -0.1) is 0 Å². The van der Waals surface area contributed by atoms with Crippen molar-refractivity contribution in [3.8, 4) is 0 Å². The van der Waals surface area contributed by atoms with E-state index in [0.29, 0.717) is 34.3 Å². The fourth-order valence-electron chi connectivity index (χ4n) is 13.8. The lowest BCUT2D eigenvalue weighted by Gasteiger charge is -2.71. The van der Waals surface area contributed by atoms with Gasteiger partial charge in [-0.05, 0) is 165 Å². The zero-order valence-corrected chi connectivity index (χ0v) is 32.5. The van der Waals surface area contributed by atoms with Gasteiger partial charge in [0.15, 0.2) is 0 Å². The lowest BCUT2D eigenvalue weighted by Crippen LogP contribution is -2.67. The molecule has 7 unspecified atom stereocenters. The minimum Gasteiger partial charge on any atom is -0.461 e. The van der Waals surface area contributed by atoms with Crippen LogP contribution in [0.5, 0.6) is 0 Å². The van der Waals surface area contributed by atoms with Crippen LogP contribution in [-0.2, 0) is 16.1 Å². The van der Waals surface area contributed by atoms with Gasteiger partial charge in [0.25, 0.3) is 0 Å². The Morgan fingerprint density at radius 3 is 2.40 bits per heavy atom. The number of hydrogen-bond acceptors (Lipinski definition) is 4. The molecule has 4 heteroatoms. The highest BCUT2D eigenvalue weighted by molar-refractivity contribution is 5.73. The second-order valence-corrected chi connectivity index (χ2v) is 18.9. The van der Waals surface area contributed by atoms with E-state index in [1.807, 2.05) is 30.3 Å². The maximum absolute atomic E-state index is 12.9. The van der Waals surface area contributed by atoms with Crippen LogP contribution in [0.25, 0.3) is 0 Å². The highest BCUT2D eigenvalue weighted by Gasteiger charge is 2.68. The van der Waals surface area contributed by atoms with Gasteiger partial charge in [-0.3, -0.25) is 4.79 Å². The van der Waals surface area contributed by atoms with Crippen molar-refractivity contribution in [1.82, 2.24) is 5.32 Å². The van der Waals surface area contributed by atoms with Gasteiger partial charge < -0.3 is 15.2 Å². The number of nitrogens with one attached hydrogen (secondary N) is 1. The Hall–Kier alpha value is -1.91. The summed E-state index contributed by atoms with van der Waals surface area (Å²) in [6, 6.07) is 10.0. The number of carbonyl (C=O) groups is 1. The smallest absolute Gasteiger partial charge is 0.309 e. The first-order valence-corrected chi connectivity index (χ1v) is 21.0. The molecule has 0 saturated heterocycles. The van der Waals surface area contributed by atoms with E-state index in [2.05, 4.69) is 59.0 Å². The fourth-order valence-corrected chi connectivity index (χ4v) is 13.8. The Labute approximate surface area is 304 Å². The lowest BCUT2D eigenvalue weighted by atomic mass is 9.34. The van der Waals surface area contributed by atoms with E-state index in [9.17, 15) is 9.90 Å². The molecule has 0 aromatic heterocycles. The second-order valence-electron chi connectivity index (χ2n) is 18.9. The standard InChI is InChI=1S/C46H69NO3/c1-7-45(49,8-2)29-30-47-46-24-12-15-39(46)38-20-21-40-42(4)25-22-36(32(3)37(42)23-26-44(40,6)43(38,5)27-28-46)34-16-18-35(19-17-34)41(48)50-31-33-13-10-9-11-14-33/h9-11,13-14,16,22,32,35,37-40,47,49H,7-8,12,15,17-21,23-31H2,1-6H3/t32?,35?,37?,38?,39-,40?,42?,43-,44-,46?/m1/s1. The van der Waals surface area contributed by atoms with Crippen LogP contribution in [0.2, 0.25) is 0 Å². The molecule has 1 aromatic carbocycles. The topological polar surface area (TPSA) is 58.6 Å². The summed E-state index contributed by atoms with van der Waals surface area (Å²) in [5.41, 5.74) is 5.10. The van der Waals surface area contributed by atoms with Gasteiger partial charge in [0, 0.05) is 5.54 Å². The van der Waals surface area contributed by atoms with Crippen LogP contribution >= 0.6 is 0 Å². The largest absolute Gasteiger partial charge is 0.461 e. The third kappa shape index (κ3) is 5.99. The molecular weight excluding hydrogens is 615 g/mol. The van der Waals surface area contributed by atoms with Gasteiger partial charge >= 0.3 is 5.97 Å². The molecule has 2 N–H and O–H groups in total. The maximum atomic E-state index is 12.9. The van der Waals surface area contributed by atoms with Crippen LogP contribution in [0.1, 0.15) is 150 Å². The number of aliphatic hydroxyl groups is 1. The van der Waals surface area contributed by atoms with E-state index in [4.69, 9.17) is 4.74 Å². The molecule has 0 bridgehead atoms. The summed E-state index contributed by atoms with van der Waals surface area (Å²) >= 11 is 0. The first kappa shape index (κ1) is 36.4. The third-order valence-corrected chi connectivity index (χ3v) is 17.3. The van der Waals surface area contributed by atoms with Crippen molar-refractivity contribution < 1.29 is 14.6 Å². The lowest BCUT2D eigenvalue weighted by molar-refractivity contribution is -0.212. The van der Waals surface area contributed by atoms with Crippen LogP contribution in [0.3, 0.4) is 0 Å². The average molecular weight is 684 g/mol. The fraction of sp³-hybridized carbons (Fsp3) is 0.761. The second kappa shape index (κ2) is 13.8. The minimum absolute atomic E-state index is 0.0150. The minimum atomic E-state index is -0.515. The molecule has 4 fully saturated rings. The summed E-state index contributed by atoms with van der Waals surface area (Å²) in [5.74, 6) is 3.66. The first-order chi connectivity index (χ1) is 23.9.